The molecule has 0 fully saturated rings. The number of hydrogen-bond acceptors (Lipinski definition) is 3. The Hall–Kier alpha value is -8.99. The summed E-state index contributed by atoms with van der Waals surface area (Å²) in [5.74, 6) is 0.650. The quantitative estimate of drug-likeness (QED) is 0.153. The normalized spacial score (nSPS) is 12.5. The Kier molecular flexibility index (Phi) is 9.36. The molecule has 12 aromatic rings. The largest absolute Gasteiger partial charge is 0.231 e. The second kappa shape index (κ2) is 16.2. The minimum Gasteiger partial charge on any atom is -0.231 e. The molecule has 3 aromatic heterocycles. The van der Waals surface area contributed by atoms with Crippen LogP contribution in [-0.2, 0) is 5.41 Å². The Bertz CT molecular complexity index is 3790. The molecule has 68 heavy (non-hydrogen) atoms. The van der Waals surface area contributed by atoms with Gasteiger partial charge in [-0.05, 0) is 68.6 Å². The van der Waals surface area contributed by atoms with E-state index in [4.69, 9.17) is 15.1 Å². The molecule has 1 aliphatic carbocycles. The van der Waals surface area contributed by atoms with Crippen molar-refractivity contribution in [3.8, 4) is 78.7 Å². The van der Waals surface area contributed by atoms with E-state index >= 15 is 0 Å². The average Bonchev–Trinajstić information content (AvgIpc) is 3.97. The molecule has 0 radical (unpaired) electrons. The van der Waals surface area contributed by atoms with Crippen LogP contribution in [0.2, 0.25) is 0 Å². The number of fused-ring (bicyclic) bond motifs is 6. The van der Waals surface area contributed by atoms with Crippen molar-refractivity contribution in [1.29, 1.82) is 0 Å². The number of nitrogens with zero attached hydrogens (tertiary/aromatic N) is 4. The third-order valence-electron chi connectivity index (χ3n) is 13.7. The third-order valence-corrected chi connectivity index (χ3v) is 13.7. The Morgan fingerprint density at radius 1 is 0.353 bits per heavy atom. The molecule has 0 atom stereocenters. The van der Waals surface area contributed by atoms with Gasteiger partial charge in [-0.25, -0.2) is 14.5 Å². The van der Waals surface area contributed by atoms with Crippen LogP contribution in [0.1, 0.15) is 22.3 Å². The monoisotopic (exact) mass is 866 g/mol. The first-order valence-corrected chi connectivity index (χ1v) is 23.2. The number of rotatable bonds is 8. The molecule has 0 spiro atoms. The SMILES string of the molecule is c1ccc(-c2cc(-c3ccc4c(c3)C(c3ccccc3)(c3ccccc3)c3ccccc3-4)nc(-c3cccc(-c4cc5ccccc5c5c(-c6ccccc6)c(-c6ccccc6)nn45)c3)n2)cc1. The van der Waals surface area contributed by atoms with Crippen molar-refractivity contribution in [3.05, 3.63) is 277 Å². The highest BCUT2D eigenvalue weighted by Crippen LogP contribution is 2.56. The first-order valence-electron chi connectivity index (χ1n) is 23.2. The molecule has 0 N–H and O–H groups in total. The minimum absolute atomic E-state index is 0.532. The molecule has 4 nitrogen and oxygen atoms in total. The van der Waals surface area contributed by atoms with E-state index in [2.05, 4.69) is 253 Å². The lowest BCUT2D eigenvalue weighted by Crippen LogP contribution is -2.28. The number of hydrogen-bond donors (Lipinski definition) is 0. The van der Waals surface area contributed by atoms with Gasteiger partial charge in [0, 0.05) is 38.8 Å². The summed E-state index contributed by atoms with van der Waals surface area (Å²) in [6, 6.07) is 91.0. The van der Waals surface area contributed by atoms with E-state index in [0.29, 0.717) is 5.82 Å². The molecule has 13 rings (SSSR count). The number of pyridine rings is 1. The van der Waals surface area contributed by atoms with E-state index in [-0.39, 0.29) is 0 Å². The summed E-state index contributed by atoms with van der Waals surface area (Å²) in [6.45, 7) is 0. The molecule has 0 aliphatic heterocycles. The van der Waals surface area contributed by atoms with E-state index < -0.39 is 5.41 Å². The molecule has 318 valence electrons. The molecule has 0 saturated carbocycles. The van der Waals surface area contributed by atoms with Gasteiger partial charge in [-0.1, -0.05) is 231 Å². The lowest BCUT2D eigenvalue weighted by molar-refractivity contribution is 0.768. The summed E-state index contributed by atoms with van der Waals surface area (Å²) in [6.07, 6.45) is 0. The summed E-state index contributed by atoms with van der Waals surface area (Å²) in [5.41, 5.74) is 18.9. The molecule has 0 unspecified atom stereocenters. The van der Waals surface area contributed by atoms with E-state index in [1.54, 1.807) is 0 Å². The van der Waals surface area contributed by atoms with Gasteiger partial charge in [0.15, 0.2) is 5.82 Å². The van der Waals surface area contributed by atoms with Crippen molar-refractivity contribution in [1.82, 2.24) is 19.6 Å². The van der Waals surface area contributed by atoms with Crippen LogP contribution in [0.3, 0.4) is 0 Å². The zero-order valence-electron chi connectivity index (χ0n) is 37.0. The van der Waals surface area contributed by atoms with Crippen molar-refractivity contribution in [2.24, 2.45) is 0 Å². The predicted molar refractivity (Wildman–Crippen MR) is 278 cm³/mol. The number of benzene rings is 9. The molecular formula is C64H42N4. The summed E-state index contributed by atoms with van der Waals surface area (Å²) in [5, 5.41) is 7.77. The summed E-state index contributed by atoms with van der Waals surface area (Å²) in [4.78, 5) is 10.8. The van der Waals surface area contributed by atoms with Crippen LogP contribution >= 0.6 is 0 Å². The molecule has 4 heteroatoms. The fourth-order valence-corrected chi connectivity index (χ4v) is 10.7. The van der Waals surface area contributed by atoms with Crippen LogP contribution in [0.5, 0.6) is 0 Å². The van der Waals surface area contributed by atoms with Crippen molar-refractivity contribution in [2.75, 3.05) is 0 Å². The molecule has 3 heterocycles. The third kappa shape index (κ3) is 6.34. The topological polar surface area (TPSA) is 43.1 Å². The highest BCUT2D eigenvalue weighted by molar-refractivity contribution is 6.08. The maximum Gasteiger partial charge on any atom is 0.160 e. The van der Waals surface area contributed by atoms with E-state index in [1.165, 1.54) is 33.4 Å². The van der Waals surface area contributed by atoms with Crippen LogP contribution in [0.25, 0.3) is 95.0 Å². The second-order valence-corrected chi connectivity index (χ2v) is 17.5. The fraction of sp³-hybridized carbons (Fsp3) is 0.0156. The van der Waals surface area contributed by atoms with Gasteiger partial charge in [-0.3, -0.25) is 0 Å². The Morgan fingerprint density at radius 2 is 0.897 bits per heavy atom. The van der Waals surface area contributed by atoms with Gasteiger partial charge >= 0.3 is 0 Å². The molecular weight excluding hydrogens is 825 g/mol. The Morgan fingerprint density at radius 3 is 1.60 bits per heavy atom. The van der Waals surface area contributed by atoms with Crippen LogP contribution in [0.4, 0.5) is 0 Å². The Balaban J connectivity index is 1.02. The minimum atomic E-state index is -0.532. The smallest absolute Gasteiger partial charge is 0.160 e. The molecule has 0 amide bonds. The zero-order valence-corrected chi connectivity index (χ0v) is 37.0. The van der Waals surface area contributed by atoms with Crippen molar-refractivity contribution in [3.63, 3.8) is 0 Å². The highest BCUT2D eigenvalue weighted by atomic mass is 15.2. The van der Waals surface area contributed by atoms with Gasteiger partial charge < -0.3 is 0 Å². The molecule has 9 aromatic carbocycles. The predicted octanol–water partition coefficient (Wildman–Crippen LogP) is 15.6. The van der Waals surface area contributed by atoms with Crippen LogP contribution in [0, 0.1) is 0 Å². The van der Waals surface area contributed by atoms with E-state index in [9.17, 15) is 0 Å². The first-order chi connectivity index (χ1) is 33.7. The van der Waals surface area contributed by atoms with Crippen LogP contribution < -0.4 is 0 Å². The van der Waals surface area contributed by atoms with E-state index in [1.807, 2.05) is 6.07 Å². The van der Waals surface area contributed by atoms with Crippen LogP contribution in [0.15, 0.2) is 255 Å². The fourth-order valence-electron chi connectivity index (χ4n) is 10.7. The average molecular weight is 867 g/mol. The Labute approximate surface area is 395 Å². The molecule has 0 saturated heterocycles. The van der Waals surface area contributed by atoms with Crippen molar-refractivity contribution >= 4 is 16.3 Å². The number of aromatic nitrogens is 4. The lowest BCUT2D eigenvalue weighted by Gasteiger charge is -2.34. The standard InChI is InChI=1S/C64H42N4/c1-6-21-43(22-7-1)57-42-58(47-37-38-54-53-35-18-19-36-55(53)64(56(54)40-47,50-30-12-4-13-31-50)51-32-14-5-15-33-51)66-63(65-57)49-29-20-28-48(39-49)59-41-46-27-16-17-34-52(46)62-60(44-23-8-2-9-24-44)61(67-68(59)62)45-25-10-3-11-26-45/h1-42H. The maximum absolute atomic E-state index is 5.48. The van der Waals surface area contributed by atoms with Gasteiger partial charge in [-0.15, -0.1) is 0 Å². The van der Waals surface area contributed by atoms with Crippen molar-refractivity contribution in [2.45, 2.75) is 5.41 Å². The maximum atomic E-state index is 5.48. The zero-order chi connectivity index (χ0) is 45.0. The van der Waals surface area contributed by atoms with Gasteiger partial charge in [0.05, 0.1) is 28.0 Å². The van der Waals surface area contributed by atoms with E-state index in [0.717, 1.165) is 78.0 Å². The molecule has 1 aliphatic rings. The highest BCUT2D eigenvalue weighted by Gasteiger charge is 2.46. The summed E-state index contributed by atoms with van der Waals surface area (Å²) >= 11 is 0. The summed E-state index contributed by atoms with van der Waals surface area (Å²) < 4.78 is 2.15. The van der Waals surface area contributed by atoms with Gasteiger partial charge in [-0.2, -0.15) is 5.10 Å². The van der Waals surface area contributed by atoms with Gasteiger partial charge in [0.1, 0.15) is 5.69 Å². The summed E-state index contributed by atoms with van der Waals surface area (Å²) in [7, 11) is 0. The lowest BCUT2D eigenvalue weighted by atomic mass is 9.67. The van der Waals surface area contributed by atoms with Crippen LogP contribution in [-0.4, -0.2) is 19.6 Å². The van der Waals surface area contributed by atoms with Gasteiger partial charge in [0.2, 0.25) is 0 Å². The first kappa shape index (κ1) is 39.4. The van der Waals surface area contributed by atoms with Crippen molar-refractivity contribution < 1.29 is 0 Å². The van der Waals surface area contributed by atoms with Gasteiger partial charge in [0.25, 0.3) is 0 Å². The molecule has 0 bridgehead atoms. The second-order valence-electron chi connectivity index (χ2n) is 17.5.